The van der Waals surface area contributed by atoms with Gasteiger partial charge in [0.15, 0.2) is 11.7 Å². The van der Waals surface area contributed by atoms with Gasteiger partial charge in [-0.2, -0.15) is 0 Å². The molecule has 0 atom stereocenters. The van der Waals surface area contributed by atoms with Crippen LogP contribution in [0.3, 0.4) is 0 Å². The molecule has 1 N–H and O–H groups in total. The van der Waals surface area contributed by atoms with Gasteiger partial charge >= 0.3 is 0 Å². The number of sulfonamides is 1. The molecule has 0 aliphatic rings. The van der Waals surface area contributed by atoms with E-state index in [1.54, 1.807) is 39.0 Å². The number of aromatic nitrogens is 1. The molecular formula is C19H21FN2O3S2. The van der Waals surface area contributed by atoms with E-state index in [0.717, 1.165) is 9.75 Å². The van der Waals surface area contributed by atoms with E-state index in [4.69, 9.17) is 4.42 Å². The molecular weight excluding hydrogens is 387 g/mol. The lowest BCUT2D eigenvalue weighted by molar-refractivity contribution is 0.486. The van der Waals surface area contributed by atoms with Crippen LogP contribution in [0, 0.1) is 19.7 Å². The third kappa shape index (κ3) is 4.28. The van der Waals surface area contributed by atoms with Crippen molar-refractivity contribution >= 4 is 21.4 Å². The Morgan fingerprint density at radius 1 is 1.15 bits per heavy atom. The van der Waals surface area contributed by atoms with E-state index in [0.29, 0.717) is 22.9 Å². The number of nitrogens with one attached hydrogen (secondary N) is 1. The predicted octanol–water partition coefficient (Wildman–Crippen LogP) is 4.90. The number of hydrogen-bond acceptors (Lipinski definition) is 5. The van der Waals surface area contributed by atoms with Gasteiger partial charge in [-0.05, 0) is 58.0 Å². The number of halogens is 1. The highest BCUT2D eigenvalue weighted by atomic mass is 32.2. The molecule has 0 saturated heterocycles. The second-order valence-electron chi connectivity index (χ2n) is 7.32. The van der Waals surface area contributed by atoms with E-state index < -0.39 is 26.3 Å². The molecule has 5 nitrogen and oxygen atoms in total. The van der Waals surface area contributed by atoms with Crippen molar-refractivity contribution in [2.24, 2.45) is 0 Å². The van der Waals surface area contributed by atoms with E-state index in [1.807, 2.05) is 19.1 Å². The quantitative estimate of drug-likeness (QED) is 0.666. The van der Waals surface area contributed by atoms with Gasteiger partial charge in [-0.15, -0.1) is 11.3 Å². The zero-order chi connectivity index (χ0) is 20.0. The summed E-state index contributed by atoms with van der Waals surface area (Å²) in [7, 11) is -3.97. The number of hydrogen-bond donors (Lipinski definition) is 1. The fraction of sp³-hybridized carbons (Fsp3) is 0.316. The van der Waals surface area contributed by atoms with Gasteiger partial charge < -0.3 is 4.42 Å². The maximum Gasteiger partial charge on any atom is 0.243 e. The molecule has 8 heteroatoms. The van der Waals surface area contributed by atoms with Gasteiger partial charge in [0.25, 0.3) is 0 Å². The summed E-state index contributed by atoms with van der Waals surface area (Å²) in [5, 5.41) is 0. The highest BCUT2D eigenvalue weighted by Gasteiger charge is 2.26. The van der Waals surface area contributed by atoms with Crippen LogP contribution in [0.5, 0.6) is 0 Å². The van der Waals surface area contributed by atoms with Crippen LogP contribution in [0.25, 0.3) is 21.9 Å². The van der Waals surface area contributed by atoms with Crippen LogP contribution in [0.15, 0.2) is 39.6 Å². The van der Waals surface area contributed by atoms with Crippen molar-refractivity contribution in [1.82, 2.24) is 9.71 Å². The smallest absolute Gasteiger partial charge is 0.243 e. The topological polar surface area (TPSA) is 72.2 Å². The number of nitrogens with zero attached hydrogens (tertiary/aromatic N) is 1. The largest absolute Gasteiger partial charge is 0.440 e. The van der Waals surface area contributed by atoms with Crippen molar-refractivity contribution in [3.63, 3.8) is 0 Å². The van der Waals surface area contributed by atoms with Crippen molar-refractivity contribution in [3.8, 4) is 21.9 Å². The van der Waals surface area contributed by atoms with Gasteiger partial charge in [0.2, 0.25) is 10.0 Å². The summed E-state index contributed by atoms with van der Waals surface area (Å²) in [6, 6.07) is 7.86. The number of oxazole rings is 1. The molecule has 144 valence electrons. The van der Waals surface area contributed by atoms with Gasteiger partial charge in [-0.3, -0.25) is 0 Å². The minimum atomic E-state index is -3.97. The van der Waals surface area contributed by atoms with Gasteiger partial charge in [-0.1, -0.05) is 0 Å². The van der Waals surface area contributed by atoms with Crippen molar-refractivity contribution < 1.29 is 17.2 Å². The molecule has 0 amide bonds. The molecule has 0 aliphatic carbocycles. The van der Waals surface area contributed by atoms with E-state index in [-0.39, 0.29) is 0 Å². The van der Waals surface area contributed by atoms with E-state index in [1.165, 1.54) is 18.2 Å². The van der Waals surface area contributed by atoms with Crippen molar-refractivity contribution in [2.45, 2.75) is 45.1 Å². The Hall–Kier alpha value is -2.03. The second kappa shape index (κ2) is 6.85. The second-order valence-corrected chi connectivity index (χ2v) is 10.3. The minimum absolute atomic E-state index is 0.397. The lowest BCUT2D eigenvalue weighted by Crippen LogP contribution is -2.40. The number of aryl methyl sites for hydroxylation is 2. The first-order valence-corrected chi connectivity index (χ1v) is 10.6. The lowest BCUT2D eigenvalue weighted by atomic mass is 10.1. The zero-order valence-corrected chi connectivity index (χ0v) is 17.4. The molecule has 3 rings (SSSR count). The summed E-state index contributed by atoms with van der Waals surface area (Å²) in [6.07, 6.45) is 0. The van der Waals surface area contributed by atoms with Crippen LogP contribution >= 0.6 is 11.3 Å². The standard InChI is InChI=1S/C19H21FN2O3S2/c1-11-6-8-15(26-11)17-18(25-12(2)21-17)13-7-9-16(14(20)10-13)27(23,24)22-19(3,4)5/h6-10,22H,1-5H3. The third-order valence-corrected chi connectivity index (χ3v) is 6.43. The monoisotopic (exact) mass is 408 g/mol. The lowest BCUT2D eigenvalue weighted by Gasteiger charge is -2.20. The molecule has 0 radical (unpaired) electrons. The Bertz CT molecular complexity index is 1090. The predicted molar refractivity (Wildman–Crippen MR) is 105 cm³/mol. The van der Waals surface area contributed by atoms with Crippen LogP contribution in [-0.4, -0.2) is 18.9 Å². The van der Waals surface area contributed by atoms with E-state index >= 15 is 0 Å². The molecule has 27 heavy (non-hydrogen) atoms. The summed E-state index contributed by atoms with van der Waals surface area (Å²) in [4.78, 5) is 6.04. The van der Waals surface area contributed by atoms with E-state index in [9.17, 15) is 12.8 Å². The Morgan fingerprint density at radius 2 is 1.85 bits per heavy atom. The van der Waals surface area contributed by atoms with Crippen LogP contribution < -0.4 is 4.72 Å². The molecule has 3 aromatic rings. The maximum absolute atomic E-state index is 14.7. The molecule has 1 aromatic carbocycles. The summed E-state index contributed by atoms with van der Waals surface area (Å²) in [6.45, 7) is 8.80. The van der Waals surface area contributed by atoms with Crippen LogP contribution in [0.4, 0.5) is 4.39 Å². The van der Waals surface area contributed by atoms with Crippen LogP contribution in [0.2, 0.25) is 0 Å². The highest BCUT2D eigenvalue weighted by molar-refractivity contribution is 7.89. The summed E-state index contributed by atoms with van der Waals surface area (Å²) in [5.74, 6) is 0.0325. The van der Waals surface area contributed by atoms with Gasteiger partial charge in [0.1, 0.15) is 16.4 Å². The maximum atomic E-state index is 14.7. The fourth-order valence-corrected chi connectivity index (χ4v) is 5.00. The van der Waals surface area contributed by atoms with Crippen LogP contribution in [-0.2, 0) is 10.0 Å². The summed E-state index contributed by atoms with van der Waals surface area (Å²) in [5.41, 5.74) is 0.341. The SMILES string of the molecule is Cc1nc(-c2ccc(C)s2)c(-c2ccc(S(=O)(=O)NC(C)(C)C)c(F)c2)o1. The van der Waals surface area contributed by atoms with Crippen molar-refractivity contribution in [3.05, 3.63) is 46.9 Å². The fourth-order valence-electron chi connectivity index (χ4n) is 2.67. The van der Waals surface area contributed by atoms with Gasteiger partial charge in [0, 0.05) is 22.9 Å². The van der Waals surface area contributed by atoms with Crippen molar-refractivity contribution in [1.29, 1.82) is 0 Å². The molecule has 0 aliphatic heterocycles. The number of rotatable bonds is 4. The molecule has 0 saturated carbocycles. The molecule has 2 heterocycles. The Labute approximate surface area is 162 Å². The summed E-state index contributed by atoms with van der Waals surface area (Å²) < 4.78 is 47.7. The molecule has 0 bridgehead atoms. The highest BCUT2D eigenvalue weighted by Crippen LogP contribution is 2.37. The average molecular weight is 409 g/mol. The Kier molecular flexibility index (Phi) is 5.00. The van der Waals surface area contributed by atoms with Gasteiger partial charge in [0.05, 0.1) is 4.88 Å². The number of thiophene rings is 1. The minimum Gasteiger partial charge on any atom is -0.440 e. The normalized spacial score (nSPS) is 12.5. The Balaban J connectivity index is 2.05. The molecule has 2 aromatic heterocycles. The van der Waals surface area contributed by atoms with Gasteiger partial charge in [-0.25, -0.2) is 22.5 Å². The van der Waals surface area contributed by atoms with Crippen LogP contribution in [0.1, 0.15) is 31.5 Å². The first-order chi connectivity index (χ1) is 12.5. The average Bonchev–Trinajstić information content (AvgIpc) is 3.10. The third-order valence-electron chi connectivity index (χ3n) is 3.63. The summed E-state index contributed by atoms with van der Waals surface area (Å²) >= 11 is 1.56. The molecule has 0 unspecified atom stereocenters. The molecule has 0 fully saturated rings. The van der Waals surface area contributed by atoms with E-state index in [2.05, 4.69) is 9.71 Å². The number of benzene rings is 1. The zero-order valence-electron chi connectivity index (χ0n) is 15.8. The van der Waals surface area contributed by atoms with Crippen molar-refractivity contribution in [2.75, 3.05) is 0 Å². The molecule has 0 spiro atoms. The first kappa shape index (κ1) is 19.7. The first-order valence-electron chi connectivity index (χ1n) is 8.34. The Morgan fingerprint density at radius 3 is 2.41 bits per heavy atom.